The predicted octanol–water partition coefficient (Wildman–Crippen LogP) is 0.206. The van der Waals surface area contributed by atoms with Crippen LogP contribution in [-0.2, 0) is 10.1 Å². The van der Waals surface area contributed by atoms with E-state index < -0.39 is 21.5 Å². The first-order chi connectivity index (χ1) is 8.93. The SMILES string of the molecule is CCCCCCCC(O)C(CCCCC)S(=O)(=O)[O-].[K+]. The number of aliphatic hydroxyl groups excluding tert-OH is 1. The quantitative estimate of drug-likeness (QED) is 0.315. The zero-order valence-electron chi connectivity index (χ0n) is 13.3. The molecule has 0 radical (unpaired) electrons. The maximum atomic E-state index is 11.2. The molecule has 0 saturated heterocycles. The summed E-state index contributed by atoms with van der Waals surface area (Å²) >= 11 is 0. The van der Waals surface area contributed by atoms with Gasteiger partial charge in [0.25, 0.3) is 0 Å². The Kier molecular flexibility index (Phi) is 16.8. The van der Waals surface area contributed by atoms with E-state index in [1.807, 2.05) is 6.92 Å². The zero-order chi connectivity index (χ0) is 14.7. The van der Waals surface area contributed by atoms with Crippen LogP contribution in [0.3, 0.4) is 0 Å². The van der Waals surface area contributed by atoms with Crippen LogP contribution in [0.25, 0.3) is 0 Å². The molecule has 0 spiro atoms. The van der Waals surface area contributed by atoms with Crippen LogP contribution in [0, 0.1) is 0 Å². The monoisotopic (exact) mass is 332 g/mol. The number of hydrogen-bond donors (Lipinski definition) is 1. The van der Waals surface area contributed by atoms with Crippen molar-refractivity contribution < 1.29 is 69.5 Å². The molecule has 0 heterocycles. The fourth-order valence-corrected chi connectivity index (χ4v) is 3.24. The Morgan fingerprint density at radius 3 is 1.85 bits per heavy atom. The number of aliphatic hydroxyl groups is 1. The van der Waals surface area contributed by atoms with Crippen LogP contribution in [0.2, 0.25) is 0 Å². The van der Waals surface area contributed by atoms with Gasteiger partial charge in [0.15, 0.2) is 0 Å². The van der Waals surface area contributed by atoms with Crippen LogP contribution in [0.15, 0.2) is 0 Å². The Hall–Kier alpha value is 1.51. The fourth-order valence-electron chi connectivity index (χ4n) is 2.27. The van der Waals surface area contributed by atoms with Crippen LogP contribution < -0.4 is 51.4 Å². The number of hydrogen-bond acceptors (Lipinski definition) is 4. The topological polar surface area (TPSA) is 77.4 Å². The van der Waals surface area contributed by atoms with E-state index in [0.29, 0.717) is 12.8 Å². The van der Waals surface area contributed by atoms with Gasteiger partial charge >= 0.3 is 51.4 Å². The molecule has 0 aromatic rings. The molecule has 2 unspecified atom stereocenters. The molecule has 0 fully saturated rings. The molecule has 6 heteroatoms. The van der Waals surface area contributed by atoms with Crippen molar-refractivity contribution in [1.82, 2.24) is 0 Å². The third kappa shape index (κ3) is 12.1. The molecule has 1 N–H and O–H groups in total. The van der Waals surface area contributed by atoms with Crippen LogP contribution >= 0.6 is 0 Å². The van der Waals surface area contributed by atoms with Crippen LogP contribution in [-0.4, -0.2) is 29.4 Å². The van der Waals surface area contributed by atoms with Crippen molar-refractivity contribution >= 4 is 10.1 Å². The predicted molar refractivity (Wildman–Crippen MR) is 77.0 cm³/mol. The molecule has 0 aromatic heterocycles. The van der Waals surface area contributed by atoms with Gasteiger partial charge in [0.2, 0.25) is 0 Å². The Morgan fingerprint density at radius 2 is 1.35 bits per heavy atom. The molecule has 2 atom stereocenters. The van der Waals surface area contributed by atoms with Gasteiger partial charge in [-0.25, -0.2) is 8.42 Å². The van der Waals surface area contributed by atoms with Gasteiger partial charge < -0.3 is 9.66 Å². The second-order valence-corrected chi connectivity index (χ2v) is 6.89. The first kappa shape index (κ1) is 23.8. The van der Waals surface area contributed by atoms with E-state index in [2.05, 4.69) is 6.92 Å². The summed E-state index contributed by atoms with van der Waals surface area (Å²) in [6.45, 7) is 4.15. The Morgan fingerprint density at radius 1 is 0.900 bits per heavy atom. The molecule has 0 aliphatic carbocycles. The molecule has 20 heavy (non-hydrogen) atoms. The van der Waals surface area contributed by atoms with E-state index in [1.54, 1.807) is 0 Å². The minimum absolute atomic E-state index is 0. The number of rotatable bonds is 12. The van der Waals surface area contributed by atoms with Crippen molar-refractivity contribution in [2.75, 3.05) is 0 Å². The molecule has 0 aromatic carbocycles. The molecule has 0 saturated carbocycles. The maximum absolute atomic E-state index is 11.2. The second-order valence-electron chi connectivity index (χ2n) is 5.30. The summed E-state index contributed by atoms with van der Waals surface area (Å²) in [7, 11) is -4.39. The average Bonchev–Trinajstić information content (AvgIpc) is 2.32. The van der Waals surface area contributed by atoms with Crippen molar-refractivity contribution in [3.63, 3.8) is 0 Å². The van der Waals surface area contributed by atoms with Crippen molar-refractivity contribution in [2.45, 2.75) is 89.4 Å². The summed E-state index contributed by atoms with van der Waals surface area (Å²) in [5.74, 6) is 0. The van der Waals surface area contributed by atoms with Gasteiger partial charge in [-0.1, -0.05) is 65.2 Å². The van der Waals surface area contributed by atoms with Gasteiger partial charge in [0.05, 0.1) is 11.4 Å². The standard InChI is InChI=1S/C14H30O4S.K/c1-3-5-7-8-10-11-13(15)14(19(16,17)18)12-9-6-4-2;/h13-15H,3-12H2,1-2H3,(H,16,17,18);/q;+1/p-1. The average molecular weight is 333 g/mol. The summed E-state index contributed by atoms with van der Waals surface area (Å²) in [6, 6.07) is 0. The van der Waals surface area contributed by atoms with Crippen LogP contribution in [0.4, 0.5) is 0 Å². The summed E-state index contributed by atoms with van der Waals surface area (Å²) in [5, 5.41) is 8.80. The molecule has 0 aliphatic rings. The first-order valence-corrected chi connectivity index (χ1v) is 9.03. The van der Waals surface area contributed by atoms with Gasteiger partial charge in [0.1, 0.15) is 10.1 Å². The van der Waals surface area contributed by atoms with Gasteiger partial charge in [-0.05, 0) is 12.8 Å². The molecule has 0 amide bonds. The van der Waals surface area contributed by atoms with E-state index in [9.17, 15) is 18.1 Å². The molecule has 0 rings (SSSR count). The van der Waals surface area contributed by atoms with Crippen LogP contribution in [0.1, 0.15) is 78.1 Å². The van der Waals surface area contributed by atoms with E-state index >= 15 is 0 Å². The summed E-state index contributed by atoms with van der Waals surface area (Å²) in [5.41, 5.74) is 0. The van der Waals surface area contributed by atoms with Gasteiger partial charge in [-0.2, -0.15) is 0 Å². The van der Waals surface area contributed by atoms with Crippen molar-refractivity contribution in [3.8, 4) is 0 Å². The van der Waals surface area contributed by atoms with Gasteiger partial charge in [-0.3, -0.25) is 0 Å². The summed E-state index contributed by atoms with van der Waals surface area (Å²) in [4.78, 5) is 0. The molecule has 0 bridgehead atoms. The van der Waals surface area contributed by atoms with Crippen molar-refractivity contribution in [2.24, 2.45) is 0 Å². The van der Waals surface area contributed by atoms with Crippen molar-refractivity contribution in [3.05, 3.63) is 0 Å². The molecular weight excluding hydrogens is 303 g/mol. The minimum Gasteiger partial charge on any atom is -0.748 e. The van der Waals surface area contributed by atoms with Crippen LogP contribution in [0.5, 0.6) is 0 Å². The Bertz CT molecular complexity index is 306. The second kappa shape index (κ2) is 14.1. The molecule has 116 valence electrons. The third-order valence-electron chi connectivity index (χ3n) is 3.50. The van der Waals surface area contributed by atoms with Gasteiger partial charge in [0, 0.05) is 0 Å². The van der Waals surface area contributed by atoms with E-state index in [4.69, 9.17) is 0 Å². The number of unbranched alkanes of at least 4 members (excludes halogenated alkanes) is 6. The fraction of sp³-hybridized carbons (Fsp3) is 1.00. The Balaban J connectivity index is 0. The maximum Gasteiger partial charge on any atom is 1.00 e. The zero-order valence-corrected chi connectivity index (χ0v) is 17.2. The van der Waals surface area contributed by atoms with Gasteiger partial charge in [-0.15, -0.1) is 0 Å². The normalized spacial score (nSPS) is 14.6. The van der Waals surface area contributed by atoms with E-state index in [1.165, 1.54) is 0 Å². The molecule has 0 aliphatic heterocycles. The first-order valence-electron chi connectivity index (χ1n) is 7.56. The third-order valence-corrected chi connectivity index (χ3v) is 4.79. The Labute approximate surface area is 167 Å². The summed E-state index contributed by atoms with van der Waals surface area (Å²) in [6.07, 6.45) is 7.47. The van der Waals surface area contributed by atoms with E-state index in [0.717, 1.165) is 44.9 Å². The molecule has 4 nitrogen and oxygen atoms in total. The largest absolute Gasteiger partial charge is 1.00 e. The minimum atomic E-state index is -4.39. The van der Waals surface area contributed by atoms with Crippen molar-refractivity contribution in [1.29, 1.82) is 0 Å². The van der Waals surface area contributed by atoms with E-state index in [-0.39, 0.29) is 57.8 Å². The summed E-state index contributed by atoms with van der Waals surface area (Å²) < 4.78 is 33.6. The molecular formula is C14H29KO4S. The smallest absolute Gasteiger partial charge is 0.748 e.